The normalized spacial score (nSPS) is 26.5. The van der Waals surface area contributed by atoms with Crippen molar-refractivity contribution in [3.63, 3.8) is 0 Å². The highest BCUT2D eigenvalue weighted by Gasteiger charge is 2.41. The maximum Gasteiger partial charge on any atom is 0.248 e. The average Bonchev–Trinajstić information content (AvgIpc) is 2.78. The molecule has 0 heterocycles. The summed E-state index contributed by atoms with van der Waals surface area (Å²) < 4.78 is 26.0. The number of alkyl halides is 2. The second kappa shape index (κ2) is 4.83. The lowest BCUT2D eigenvalue weighted by molar-refractivity contribution is -0.130. The molecule has 1 amide bonds. The van der Waals surface area contributed by atoms with Gasteiger partial charge in [0.15, 0.2) is 0 Å². The Labute approximate surface area is 106 Å². The minimum absolute atomic E-state index is 0.214. The first-order valence-corrected chi connectivity index (χ1v) is 6.58. The second-order valence-corrected chi connectivity index (χ2v) is 5.52. The van der Waals surface area contributed by atoms with E-state index in [2.05, 4.69) is 11.4 Å². The van der Waals surface area contributed by atoms with Crippen LogP contribution in [0.15, 0.2) is 0 Å². The first kappa shape index (κ1) is 13.3. The van der Waals surface area contributed by atoms with E-state index in [0.29, 0.717) is 12.8 Å². The predicted molar refractivity (Wildman–Crippen MR) is 61.9 cm³/mol. The van der Waals surface area contributed by atoms with E-state index in [9.17, 15) is 13.6 Å². The summed E-state index contributed by atoms with van der Waals surface area (Å²) in [5.74, 6) is -3.18. The van der Waals surface area contributed by atoms with Gasteiger partial charge in [0.1, 0.15) is 5.54 Å². The van der Waals surface area contributed by atoms with Gasteiger partial charge in [0.05, 0.1) is 6.07 Å². The lowest BCUT2D eigenvalue weighted by Gasteiger charge is -2.30. The van der Waals surface area contributed by atoms with Crippen LogP contribution in [0.2, 0.25) is 0 Å². The van der Waals surface area contributed by atoms with Crippen LogP contribution in [0.25, 0.3) is 0 Å². The monoisotopic (exact) mass is 256 g/mol. The van der Waals surface area contributed by atoms with Gasteiger partial charge in [0.2, 0.25) is 11.8 Å². The number of halogens is 2. The van der Waals surface area contributed by atoms with Crippen molar-refractivity contribution in [2.24, 2.45) is 5.92 Å². The third-order valence-electron chi connectivity index (χ3n) is 4.12. The Hall–Kier alpha value is -1.18. The lowest BCUT2D eigenvalue weighted by atomic mass is 9.85. The fourth-order valence-electron chi connectivity index (χ4n) is 2.88. The summed E-state index contributed by atoms with van der Waals surface area (Å²) in [6.45, 7) is 0. The number of nitrogens with zero attached hydrogens (tertiary/aromatic N) is 1. The number of carbonyl (C=O) groups is 1. The minimum atomic E-state index is -2.61. The van der Waals surface area contributed by atoms with E-state index in [0.717, 1.165) is 12.8 Å². The van der Waals surface area contributed by atoms with Gasteiger partial charge in [-0.05, 0) is 38.5 Å². The Balaban J connectivity index is 1.91. The minimum Gasteiger partial charge on any atom is -0.338 e. The van der Waals surface area contributed by atoms with Gasteiger partial charge in [-0.2, -0.15) is 5.26 Å². The van der Waals surface area contributed by atoms with E-state index in [1.165, 1.54) is 0 Å². The molecule has 3 nitrogen and oxygen atoms in total. The van der Waals surface area contributed by atoms with Crippen molar-refractivity contribution in [2.45, 2.75) is 62.8 Å². The van der Waals surface area contributed by atoms with E-state index < -0.39 is 11.5 Å². The van der Waals surface area contributed by atoms with Crippen LogP contribution in [0.4, 0.5) is 8.78 Å². The molecule has 0 aromatic rings. The Morgan fingerprint density at radius 3 is 2.22 bits per heavy atom. The number of rotatable bonds is 2. The summed E-state index contributed by atoms with van der Waals surface area (Å²) in [7, 11) is 0. The van der Waals surface area contributed by atoms with Crippen molar-refractivity contribution in [3.05, 3.63) is 0 Å². The SMILES string of the molecule is N#CC1(NC(=O)C2CCC(F)(F)CC2)CCCC1. The maximum atomic E-state index is 13.0. The summed E-state index contributed by atoms with van der Waals surface area (Å²) in [5, 5.41) is 12.0. The van der Waals surface area contributed by atoms with Gasteiger partial charge in [0.25, 0.3) is 0 Å². The highest BCUT2D eigenvalue weighted by Crippen LogP contribution is 2.37. The van der Waals surface area contributed by atoms with Gasteiger partial charge < -0.3 is 5.32 Å². The molecule has 0 aromatic heterocycles. The largest absolute Gasteiger partial charge is 0.338 e. The summed E-state index contributed by atoms with van der Waals surface area (Å²) in [6.07, 6.45) is 3.25. The second-order valence-electron chi connectivity index (χ2n) is 5.52. The van der Waals surface area contributed by atoms with Gasteiger partial charge in [-0.3, -0.25) is 4.79 Å². The highest BCUT2D eigenvalue weighted by molar-refractivity contribution is 5.80. The Morgan fingerprint density at radius 2 is 1.72 bits per heavy atom. The first-order valence-electron chi connectivity index (χ1n) is 6.58. The molecule has 0 bridgehead atoms. The number of amides is 1. The van der Waals surface area contributed by atoms with E-state index in [1.54, 1.807) is 0 Å². The molecule has 0 atom stereocenters. The van der Waals surface area contributed by atoms with E-state index >= 15 is 0 Å². The Morgan fingerprint density at radius 1 is 1.17 bits per heavy atom. The van der Waals surface area contributed by atoms with Crippen molar-refractivity contribution in [2.75, 3.05) is 0 Å². The summed E-state index contributed by atoms with van der Waals surface area (Å²) in [5.41, 5.74) is -0.739. The van der Waals surface area contributed by atoms with Gasteiger partial charge >= 0.3 is 0 Å². The molecule has 0 radical (unpaired) electrons. The Kier molecular flexibility index (Phi) is 3.56. The van der Waals surface area contributed by atoms with Gasteiger partial charge in [-0.1, -0.05) is 0 Å². The number of hydrogen-bond donors (Lipinski definition) is 1. The average molecular weight is 256 g/mol. The van der Waals surface area contributed by atoms with E-state index in [-0.39, 0.29) is 37.5 Å². The van der Waals surface area contributed by atoms with Crippen LogP contribution in [0, 0.1) is 17.2 Å². The molecule has 2 aliphatic rings. The fourth-order valence-corrected chi connectivity index (χ4v) is 2.88. The zero-order chi connectivity index (χ0) is 13.2. The molecule has 2 rings (SSSR count). The first-order chi connectivity index (χ1) is 8.46. The Bertz CT molecular complexity index is 360. The summed E-state index contributed by atoms with van der Waals surface area (Å²) in [4.78, 5) is 12.0. The standard InChI is InChI=1S/C13H18F2N2O/c14-13(15)7-3-10(4-8-13)11(18)17-12(9-16)5-1-2-6-12/h10H,1-8H2,(H,17,18). The lowest BCUT2D eigenvalue weighted by Crippen LogP contribution is -2.48. The summed E-state index contributed by atoms with van der Waals surface area (Å²) in [6, 6.07) is 2.18. The molecule has 0 aromatic carbocycles. The molecule has 2 saturated carbocycles. The van der Waals surface area contributed by atoms with Crippen LogP contribution < -0.4 is 5.32 Å². The third-order valence-corrected chi connectivity index (χ3v) is 4.12. The predicted octanol–water partition coefficient (Wildman–Crippen LogP) is 2.76. The number of nitrogens with one attached hydrogen (secondary N) is 1. The molecular weight excluding hydrogens is 238 g/mol. The molecular formula is C13H18F2N2O. The zero-order valence-electron chi connectivity index (χ0n) is 10.3. The van der Waals surface area contributed by atoms with Crippen molar-refractivity contribution < 1.29 is 13.6 Å². The molecule has 18 heavy (non-hydrogen) atoms. The maximum absolute atomic E-state index is 13.0. The van der Waals surface area contributed by atoms with Crippen LogP contribution in [0.5, 0.6) is 0 Å². The van der Waals surface area contributed by atoms with Crippen LogP contribution in [-0.2, 0) is 4.79 Å². The van der Waals surface area contributed by atoms with Gasteiger partial charge in [-0.15, -0.1) is 0 Å². The topological polar surface area (TPSA) is 52.9 Å². The smallest absolute Gasteiger partial charge is 0.248 e. The van der Waals surface area contributed by atoms with E-state index in [4.69, 9.17) is 5.26 Å². The molecule has 0 aliphatic heterocycles. The van der Waals surface area contributed by atoms with Gasteiger partial charge in [0, 0.05) is 18.8 Å². The van der Waals surface area contributed by atoms with Crippen LogP contribution in [0.3, 0.4) is 0 Å². The van der Waals surface area contributed by atoms with Crippen LogP contribution in [-0.4, -0.2) is 17.4 Å². The zero-order valence-corrected chi connectivity index (χ0v) is 10.3. The molecule has 1 N–H and O–H groups in total. The van der Waals surface area contributed by atoms with Crippen LogP contribution in [0.1, 0.15) is 51.4 Å². The van der Waals surface area contributed by atoms with Crippen molar-refractivity contribution in [3.8, 4) is 6.07 Å². The van der Waals surface area contributed by atoms with Crippen LogP contribution >= 0.6 is 0 Å². The molecule has 0 saturated heterocycles. The molecule has 5 heteroatoms. The summed E-state index contributed by atoms with van der Waals surface area (Å²) >= 11 is 0. The highest BCUT2D eigenvalue weighted by atomic mass is 19.3. The van der Waals surface area contributed by atoms with E-state index in [1.807, 2.05) is 0 Å². The van der Waals surface area contributed by atoms with Crippen molar-refractivity contribution in [1.29, 1.82) is 5.26 Å². The van der Waals surface area contributed by atoms with Crippen molar-refractivity contribution in [1.82, 2.24) is 5.32 Å². The number of hydrogen-bond acceptors (Lipinski definition) is 2. The van der Waals surface area contributed by atoms with Gasteiger partial charge in [-0.25, -0.2) is 8.78 Å². The number of nitriles is 1. The molecule has 100 valence electrons. The number of carbonyl (C=O) groups excluding carboxylic acids is 1. The quantitative estimate of drug-likeness (QED) is 0.826. The molecule has 2 aliphatic carbocycles. The molecule has 0 spiro atoms. The molecule has 0 unspecified atom stereocenters. The molecule has 2 fully saturated rings. The fraction of sp³-hybridized carbons (Fsp3) is 0.846. The van der Waals surface area contributed by atoms with Crippen molar-refractivity contribution >= 4 is 5.91 Å². The third kappa shape index (κ3) is 2.80.